The van der Waals surface area contributed by atoms with Crippen molar-refractivity contribution >= 4 is 12.2 Å². The predicted molar refractivity (Wildman–Crippen MR) is 84.1 cm³/mol. The highest BCUT2D eigenvalue weighted by molar-refractivity contribution is 5.84. The van der Waals surface area contributed by atoms with Gasteiger partial charge in [0.25, 0.3) is 0 Å². The Morgan fingerprint density at radius 2 is 1.90 bits per heavy atom. The van der Waals surface area contributed by atoms with Crippen LogP contribution in [-0.4, -0.2) is 18.8 Å². The summed E-state index contributed by atoms with van der Waals surface area (Å²) in [5.74, 6) is 0.744. The van der Waals surface area contributed by atoms with Crippen LogP contribution in [0, 0.1) is 0 Å². The number of hydrogen-bond donors (Lipinski definition) is 2. The molecule has 0 spiro atoms. The summed E-state index contributed by atoms with van der Waals surface area (Å²) in [7, 11) is 0. The predicted octanol–water partition coefficient (Wildman–Crippen LogP) is 2.64. The monoisotopic (exact) mass is 276 g/mol. The van der Waals surface area contributed by atoms with Crippen LogP contribution >= 0.6 is 0 Å². The van der Waals surface area contributed by atoms with E-state index in [0.717, 1.165) is 24.3 Å². The molecule has 1 rings (SSSR count). The summed E-state index contributed by atoms with van der Waals surface area (Å²) in [6.45, 7) is 2.93. The molecule has 0 aromatic heterocycles. The standard InChI is InChI=1S/C15H24N4O/c1-2-3-4-5-8-11-20-14-10-7-6-9-13(14)12-18-19-15(16)17/h6-7,9-10,12H,2-5,8,11H2,1H3,(H4,16,17,19)/b18-12-. The van der Waals surface area contributed by atoms with E-state index >= 15 is 0 Å². The normalized spacial score (nSPS) is 10.7. The van der Waals surface area contributed by atoms with E-state index in [1.165, 1.54) is 25.7 Å². The van der Waals surface area contributed by atoms with Crippen molar-refractivity contribution in [1.82, 2.24) is 0 Å². The molecule has 0 amide bonds. The van der Waals surface area contributed by atoms with Gasteiger partial charge in [0, 0.05) is 5.56 Å². The average Bonchev–Trinajstić information content (AvgIpc) is 2.44. The zero-order chi connectivity index (χ0) is 14.6. The van der Waals surface area contributed by atoms with E-state index in [9.17, 15) is 0 Å². The topological polar surface area (TPSA) is 86.0 Å². The molecule has 0 saturated heterocycles. The molecule has 0 aliphatic carbocycles. The number of guanidine groups is 1. The van der Waals surface area contributed by atoms with Crippen molar-refractivity contribution in [3.05, 3.63) is 29.8 Å². The number of benzene rings is 1. The maximum atomic E-state index is 5.77. The SMILES string of the molecule is CCCCCCCOc1ccccc1/C=N\N=C(N)N. The zero-order valence-electron chi connectivity index (χ0n) is 12.1. The van der Waals surface area contributed by atoms with Crippen LogP contribution in [-0.2, 0) is 0 Å². The van der Waals surface area contributed by atoms with Crippen LogP contribution in [0.4, 0.5) is 0 Å². The summed E-state index contributed by atoms with van der Waals surface area (Å²) in [6.07, 6.45) is 7.68. The van der Waals surface area contributed by atoms with Crippen LogP contribution in [0.1, 0.15) is 44.6 Å². The molecule has 0 aliphatic heterocycles. The maximum Gasteiger partial charge on any atom is 0.211 e. The molecule has 1 aromatic rings. The van der Waals surface area contributed by atoms with Gasteiger partial charge in [-0.3, -0.25) is 0 Å². The van der Waals surface area contributed by atoms with Crippen molar-refractivity contribution in [1.29, 1.82) is 0 Å². The molecule has 0 fully saturated rings. The third-order valence-electron chi connectivity index (χ3n) is 2.79. The first-order chi connectivity index (χ1) is 9.74. The van der Waals surface area contributed by atoms with E-state index in [-0.39, 0.29) is 5.96 Å². The van der Waals surface area contributed by atoms with Gasteiger partial charge in [-0.25, -0.2) is 0 Å². The van der Waals surface area contributed by atoms with E-state index < -0.39 is 0 Å². The molecule has 4 N–H and O–H groups in total. The summed E-state index contributed by atoms with van der Waals surface area (Å²) >= 11 is 0. The minimum Gasteiger partial charge on any atom is -0.493 e. The van der Waals surface area contributed by atoms with Crippen LogP contribution in [0.3, 0.4) is 0 Å². The number of hydrogen-bond acceptors (Lipinski definition) is 3. The van der Waals surface area contributed by atoms with Crippen molar-refractivity contribution in [2.24, 2.45) is 21.7 Å². The van der Waals surface area contributed by atoms with E-state index in [1.807, 2.05) is 24.3 Å². The Balaban J connectivity index is 2.45. The van der Waals surface area contributed by atoms with Gasteiger partial charge in [0.1, 0.15) is 5.75 Å². The molecule has 1 aromatic carbocycles. The molecule has 0 aliphatic rings. The largest absolute Gasteiger partial charge is 0.493 e. The highest BCUT2D eigenvalue weighted by Gasteiger charge is 2.00. The summed E-state index contributed by atoms with van der Waals surface area (Å²) in [4.78, 5) is 0. The lowest BCUT2D eigenvalue weighted by Gasteiger charge is -2.08. The summed E-state index contributed by atoms with van der Waals surface area (Å²) in [5, 5.41) is 7.38. The molecule has 0 bridgehead atoms. The Morgan fingerprint density at radius 1 is 1.15 bits per heavy atom. The number of para-hydroxylation sites is 1. The lowest BCUT2D eigenvalue weighted by molar-refractivity contribution is 0.304. The van der Waals surface area contributed by atoms with Crippen molar-refractivity contribution < 1.29 is 4.74 Å². The molecule has 0 radical (unpaired) electrons. The van der Waals surface area contributed by atoms with Gasteiger partial charge < -0.3 is 16.2 Å². The van der Waals surface area contributed by atoms with Gasteiger partial charge in [-0.1, -0.05) is 44.7 Å². The van der Waals surface area contributed by atoms with Crippen molar-refractivity contribution in [3.8, 4) is 5.75 Å². The lowest BCUT2D eigenvalue weighted by Crippen LogP contribution is -2.21. The average molecular weight is 276 g/mol. The first kappa shape index (κ1) is 16.0. The Morgan fingerprint density at radius 3 is 2.65 bits per heavy atom. The van der Waals surface area contributed by atoms with E-state index in [2.05, 4.69) is 17.1 Å². The second-order valence-corrected chi connectivity index (χ2v) is 4.57. The van der Waals surface area contributed by atoms with Crippen molar-refractivity contribution in [3.63, 3.8) is 0 Å². The fraction of sp³-hybridized carbons (Fsp3) is 0.467. The van der Waals surface area contributed by atoms with E-state index in [0.29, 0.717) is 0 Å². The molecule has 5 nitrogen and oxygen atoms in total. The van der Waals surface area contributed by atoms with Crippen LogP contribution < -0.4 is 16.2 Å². The molecule has 0 atom stereocenters. The molecule has 5 heteroatoms. The quantitative estimate of drug-likeness (QED) is 0.314. The molecular weight excluding hydrogens is 252 g/mol. The van der Waals surface area contributed by atoms with Crippen molar-refractivity contribution in [2.45, 2.75) is 39.0 Å². The van der Waals surface area contributed by atoms with Gasteiger partial charge in [-0.05, 0) is 18.6 Å². The molecule has 0 unspecified atom stereocenters. The maximum absolute atomic E-state index is 5.77. The lowest BCUT2D eigenvalue weighted by atomic mass is 10.2. The Hall–Kier alpha value is -2.04. The van der Waals surface area contributed by atoms with Gasteiger partial charge in [0.2, 0.25) is 5.96 Å². The minimum atomic E-state index is -0.0597. The highest BCUT2D eigenvalue weighted by atomic mass is 16.5. The third kappa shape index (κ3) is 6.78. The molecule has 110 valence electrons. The minimum absolute atomic E-state index is 0.0597. The second-order valence-electron chi connectivity index (χ2n) is 4.57. The Bertz CT molecular complexity index is 439. The van der Waals surface area contributed by atoms with Gasteiger partial charge in [0.15, 0.2) is 0 Å². The molecule has 0 heterocycles. The number of rotatable bonds is 9. The summed E-state index contributed by atoms with van der Waals surface area (Å²) < 4.78 is 5.77. The fourth-order valence-corrected chi connectivity index (χ4v) is 1.76. The Kier molecular flexibility index (Phi) is 7.87. The van der Waals surface area contributed by atoms with E-state index in [1.54, 1.807) is 6.21 Å². The van der Waals surface area contributed by atoms with Crippen LogP contribution in [0.15, 0.2) is 34.5 Å². The number of nitrogens with two attached hydrogens (primary N) is 2. The summed E-state index contributed by atoms with van der Waals surface area (Å²) in [6, 6.07) is 7.69. The zero-order valence-corrected chi connectivity index (χ0v) is 12.1. The number of ether oxygens (including phenoxy) is 1. The van der Waals surface area contributed by atoms with Gasteiger partial charge >= 0.3 is 0 Å². The Labute approximate surface area is 120 Å². The van der Waals surface area contributed by atoms with Gasteiger partial charge in [-0.15, -0.1) is 5.10 Å². The smallest absolute Gasteiger partial charge is 0.211 e. The van der Waals surface area contributed by atoms with Crippen LogP contribution in [0.5, 0.6) is 5.75 Å². The molecule has 0 saturated carbocycles. The first-order valence-electron chi connectivity index (χ1n) is 7.08. The van der Waals surface area contributed by atoms with E-state index in [4.69, 9.17) is 16.2 Å². The molecule has 20 heavy (non-hydrogen) atoms. The number of unbranched alkanes of at least 4 members (excludes halogenated alkanes) is 4. The second kappa shape index (κ2) is 9.83. The van der Waals surface area contributed by atoms with Crippen LogP contribution in [0.2, 0.25) is 0 Å². The fourth-order valence-electron chi connectivity index (χ4n) is 1.76. The molecular formula is C15H24N4O. The summed E-state index contributed by atoms with van der Waals surface area (Å²) in [5.41, 5.74) is 11.3. The third-order valence-corrected chi connectivity index (χ3v) is 2.79. The van der Waals surface area contributed by atoms with Crippen LogP contribution in [0.25, 0.3) is 0 Å². The van der Waals surface area contributed by atoms with Gasteiger partial charge in [-0.2, -0.15) is 5.10 Å². The van der Waals surface area contributed by atoms with Gasteiger partial charge in [0.05, 0.1) is 12.8 Å². The first-order valence-corrected chi connectivity index (χ1v) is 7.08. The number of nitrogens with zero attached hydrogens (tertiary/aromatic N) is 2. The van der Waals surface area contributed by atoms with Crippen molar-refractivity contribution in [2.75, 3.05) is 6.61 Å². The highest BCUT2D eigenvalue weighted by Crippen LogP contribution is 2.16.